The quantitative estimate of drug-likeness (QED) is 0.0653. The minimum atomic E-state index is -4.78. The number of phenols is 2. The Morgan fingerprint density at radius 3 is 1.80 bits per heavy atom. The number of fused-ring (bicyclic) bond motifs is 1. The van der Waals surface area contributed by atoms with Crippen LogP contribution in [0.25, 0.3) is 21.9 Å². The number of carboxylic acid groups (broad SMARTS) is 1. The van der Waals surface area contributed by atoms with Gasteiger partial charge in [-0.2, -0.15) is 23.8 Å². The molecule has 0 atom stereocenters. The van der Waals surface area contributed by atoms with Gasteiger partial charge in [0, 0.05) is 16.8 Å². The van der Waals surface area contributed by atoms with E-state index in [1.165, 1.54) is 24.3 Å². The van der Waals surface area contributed by atoms with Crippen molar-refractivity contribution in [3.8, 4) is 22.6 Å². The Balaban J connectivity index is 0.00000468. The number of benzene rings is 6. The summed E-state index contributed by atoms with van der Waals surface area (Å²) in [5.41, 5.74) is 3.61. The Hall–Kier alpha value is -5.44. The zero-order valence-corrected chi connectivity index (χ0v) is 28.6. The van der Waals surface area contributed by atoms with E-state index in [9.17, 15) is 28.0 Å². The van der Waals surface area contributed by atoms with E-state index in [1.807, 2.05) is 42.5 Å². The number of anilines is 2. The molecule has 6 aromatic carbocycles. The molecule has 0 saturated carbocycles. The molecule has 0 aliphatic carbocycles. The van der Waals surface area contributed by atoms with Crippen LogP contribution < -0.4 is 34.9 Å². The van der Waals surface area contributed by atoms with Crippen molar-refractivity contribution in [3.05, 3.63) is 127 Å². The molecule has 14 heteroatoms. The Kier molecular flexibility index (Phi) is 10.5. The van der Waals surface area contributed by atoms with E-state index in [2.05, 4.69) is 25.8 Å². The molecule has 238 valence electrons. The van der Waals surface area contributed by atoms with E-state index in [0.717, 1.165) is 16.8 Å². The zero-order valence-electron chi connectivity index (χ0n) is 25.8. The fourth-order valence-electron chi connectivity index (χ4n) is 4.83. The average molecular weight is 683 g/mol. The van der Waals surface area contributed by atoms with Crippen molar-refractivity contribution in [2.45, 2.75) is 4.90 Å². The van der Waals surface area contributed by atoms with Crippen LogP contribution in [0.1, 0.15) is 10.4 Å². The Morgan fingerprint density at radius 2 is 1.20 bits per heavy atom. The summed E-state index contributed by atoms with van der Waals surface area (Å²) in [7, 11) is -4.78. The van der Waals surface area contributed by atoms with Crippen LogP contribution >= 0.6 is 0 Å². The van der Waals surface area contributed by atoms with Crippen molar-refractivity contribution in [3.63, 3.8) is 0 Å². The molecule has 0 saturated heterocycles. The number of hydrogen-bond acceptors (Lipinski definition) is 10. The fraction of sp³-hybridized carbons (Fsp3) is 0. The summed E-state index contributed by atoms with van der Waals surface area (Å²) in [4.78, 5) is 10.6. The standard InChI is InChI=1S/C35H25N5O7S.Na/c41-31-17-15-28(20-30(31)35(43)44)39-37-25-10-6-21(7-11-25)22-8-12-26(13-9-22)38-40-33-32(48(45,46)47)19-23-18-27(14-16-29(23)34(33)42)36-24-4-2-1-3-5-24;/h1-20,36,41-42H,(H,43,44)(H,45,46,47);/q;+1. The summed E-state index contributed by atoms with van der Waals surface area (Å²) in [5, 5.41) is 50.0. The second-order valence-corrected chi connectivity index (χ2v) is 11.9. The van der Waals surface area contributed by atoms with Gasteiger partial charge >= 0.3 is 35.5 Å². The van der Waals surface area contributed by atoms with Gasteiger partial charge in [0.05, 0.1) is 17.1 Å². The Morgan fingerprint density at radius 1 is 0.633 bits per heavy atom. The molecule has 49 heavy (non-hydrogen) atoms. The number of nitrogens with zero attached hydrogens (tertiary/aromatic N) is 4. The average Bonchev–Trinajstić information content (AvgIpc) is 3.08. The van der Waals surface area contributed by atoms with Gasteiger partial charge in [-0.05, 0) is 95.4 Å². The van der Waals surface area contributed by atoms with Crippen molar-refractivity contribution in [1.29, 1.82) is 0 Å². The van der Waals surface area contributed by atoms with Gasteiger partial charge in [0.15, 0.2) is 5.75 Å². The number of azo groups is 2. The molecular formula is C35H25N5NaO7S+. The van der Waals surface area contributed by atoms with Crippen molar-refractivity contribution in [2.75, 3.05) is 5.32 Å². The number of para-hydroxylation sites is 1. The number of aromatic hydroxyl groups is 2. The zero-order chi connectivity index (χ0) is 33.8. The van der Waals surface area contributed by atoms with Gasteiger partial charge in [0.1, 0.15) is 21.9 Å². The van der Waals surface area contributed by atoms with Crippen LogP contribution in [-0.2, 0) is 10.1 Å². The summed E-state index contributed by atoms with van der Waals surface area (Å²) in [6.45, 7) is 0. The van der Waals surface area contributed by atoms with Crippen molar-refractivity contribution in [2.24, 2.45) is 20.5 Å². The van der Waals surface area contributed by atoms with Gasteiger partial charge in [0.25, 0.3) is 10.1 Å². The molecule has 6 aromatic rings. The van der Waals surface area contributed by atoms with Gasteiger partial charge in [-0.15, -0.1) is 5.11 Å². The minimum absolute atomic E-state index is 0. The maximum atomic E-state index is 12.3. The number of rotatable bonds is 9. The number of aromatic carboxylic acids is 1. The molecule has 0 heterocycles. The Bertz CT molecular complexity index is 2330. The number of carboxylic acids is 1. The van der Waals surface area contributed by atoms with E-state index >= 15 is 0 Å². The third kappa shape index (κ3) is 8.17. The molecule has 5 N–H and O–H groups in total. The van der Waals surface area contributed by atoms with E-state index in [-0.39, 0.29) is 46.6 Å². The molecule has 12 nitrogen and oxygen atoms in total. The van der Waals surface area contributed by atoms with E-state index in [4.69, 9.17) is 5.11 Å². The third-order valence-electron chi connectivity index (χ3n) is 7.22. The van der Waals surface area contributed by atoms with E-state index in [1.54, 1.807) is 54.6 Å². The summed E-state index contributed by atoms with van der Waals surface area (Å²) < 4.78 is 34.6. The van der Waals surface area contributed by atoms with Crippen LogP contribution in [0.4, 0.5) is 34.1 Å². The molecule has 0 fully saturated rings. The molecule has 6 rings (SSSR count). The van der Waals surface area contributed by atoms with Crippen molar-refractivity contribution >= 4 is 61.0 Å². The smallest absolute Gasteiger partial charge is 0.507 e. The molecule has 0 spiro atoms. The Labute approximate surface area is 302 Å². The van der Waals surface area contributed by atoms with Crippen molar-refractivity contribution in [1.82, 2.24) is 0 Å². The summed E-state index contributed by atoms with van der Waals surface area (Å²) in [6.07, 6.45) is 0. The van der Waals surface area contributed by atoms with Crippen LogP contribution in [-0.4, -0.2) is 34.3 Å². The molecule has 0 bridgehead atoms. The molecule has 0 amide bonds. The maximum Gasteiger partial charge on any atom is 1.00 e. The van der Waals surface area contributed by atoms with Crippen LogP contribution in [0.5, 0.6) is 11.5 Å². The van der Waals surface area contributed by atoms with Crippen LogP contribution in [0.15, 0.2) is 147 Å². The second-order valence-electron chi connectivity index (χ2n) is 10.5. The topological polar surface area (TPSA) is 194 Å². The molecule has 0 radical (unpaired) electrons. The third-order valence-corrected chi connectivity index (χ3v) is 8.08. The van der Waals surface area contributed by atoms with Gasteiger partial charge in [-0.3, -0.25) is 4.55 Å². The van der Waals surface area contributed by atoms with Crippen LogP contribution in [0, 0.1) is 0 Å². The normalized spacial score (nSPS) is 11.5. The molecule has 0 unspecified atom stereocenters. The predicted molar refractivity (Wildman–Crippen MR) is 180 cm³/mol. The van der Waals surface area contributed by atoms with Gasteiger partial charge in [0.2, 0.25) is 0 Å². The number of phenolic OH excluding ortho intramolecular Hbond substituents is 1. The maximum absolute atomic E-state index is 12.3. The molecule has 0 aliphatic rings. The van der Waals surface area contributed by atoms with Gasteiger partial charge in [-0.1, -0.05) is 42.5 Å². The van der Waals surface area contributed by atoms with E-state index in [0.29, 0.717) is 27.8 Å². The monoisotopic (exact) mass is 682 g/mol. The molecular weight excluding hydrogens is 657 g/mol. The second kappa shape index (κ2) is 14.8. The summed E-state index contributed by atoms with van der Waals surface area (Å²) in [6, 6.07) is 33.4. The first kappa shape index (κ1) is 34.9. The first-order valence-corrected chi connectivity index (χ1v) is 15.7. The largest absolute Gasteiger partial charge is 1.00 e. The molecule has 0 aromatic heterocycles. The summed E-state index contributed by atoms with van der Waals surface area (Å²) in [5.74, 6) is -2.08. The van der Waals surface area contributed by atoms with Gasteiger partial charge < -0.3 is 20.6 Å². The van der Waals surface area contributed by atoms with Crippen LogP contribution in [0.3, 0.4) is 0 Å². The van der Waals surface area contributed by atoms with Crippen LogP contribution in [0.2, 0.25) is 0 Å². The number of nitrogens with one attached hydrogen (secondary N) is 1. The van der Waals surface area contributed by atoms with E-state index < -0.39 is 32.4 Å². The number of carbonyl (C=O) groups is 1. The first-order chi connectivity index (χ1) is 23.0. The molecule has 0 aliphatic heterocycles. The summed E-state index contributed by atoms with van der Waals surface area (Å²) >= 11 is 0. The van der Waals surface area contributed by atoms with Gasteiger partial charge in [-0.25, -0.2) is 4.79 Å². The fourth-order valence-corrected chi connectivity index (χ4v) is 5.49. The van der Waals surface area contributed by atoms with Crippen molar-refractivity contribution < 1.29 is 62.6 Å². The SMILES string of the molecule is O=C(O)c1cc(N=Nc2ccc(-c3ccc(N=Nc4c(S(=O)(=O)O)cc5cc(Nc6ccccc6)ccc5c4O)cc3)cc2)ccc1O.[Na+]. The first-order valence-electron chi connectivity index (χ1n) is 14.2. The minimum Gasteiger partial charge on any atom is -0.507 e. The predicted octanol–water partition coefficient (Wildman–Crippen LogP) is 6.44. The number of hydrogen-bond donors (Lipinski definition) is 5.